The summed E-state index contributed by atoms with van der Waals surface area (Å²) in [6.07, 6.45) is 0. The predicted molar refractivity (Wildman–Crippen MR) is 114 cm³/mol. The van der Waals surface area contributed by atoms with E-state index in [4.69, 9.17) is 4.74 Å². The van der Waals surface area contributed by atoms with E-state index in [0.717, 1.165) is 0 Å². The highest BCUT2D eigenvalue weighted by Crippen LogP contribution is 2.26. The van der Waals surface area contributed by atoms with Crippen molar-refractivity contribution in [1.29, 1.82) is 0 Å². The van der Waals surface area contributed by atoms with Crippen LogP contribution in [0.1, 0.15) is 27.6 Å². The van der Waals surface area contributed by atoms with Crippen LogP contribution in [0, 0.1) is 5.82 Å². The maximum Gasteiger partial charge on any atom is 0.255 e. The van der Waals surface area contributed by atoms with Crippen LogP contribution in [0.25, 0.3) is 0 Å². The largest absolute Gasteiger partial charge is 0.493 e. The van der Waals surface area contributed by atoms with Crippen LogP contribution in [0.5, 0.6) is 5.75 Å². The number of rotatable bonds is 6. The molecule has 0 radical (unpaired) electrons. The minimum absolute atomic E-state index is 0.315. The first-order valence-corrected chi connectivity index (χ1v) is 9.66. The van der Waals surface area contributed by atoms with Gasteiger partial charge in [-0.05, 0) is 83.5 Å². The van der Waals surface area contributed by atoms with Crippen molar-refractivity contribution in [2.24, 2.45) is 0 Å². The Morgan fingerprint density at radius 1 is 0.897 bits per heavy atom. The molecule has 29 heavy (non-hydrogen) atoms. The van der Waals surface area contributed by atoms with Gasteiger partial charge in [-0.3, -0.25) is 9.59 Å². The highest BCUT2D eigenvalue weighted by Gasteiger charge is 2.12. The van der Waals surface area contributed by atoms with Gasteiger partial charge in [-0.1, -0.05) is 6.07 Å². The maximum atomic E-state index is 13.0. The van der Waals surface area contributed by atoms with E-state index in [1.54, 1.807) is 42.5 Å². The molecule has 5 nitrogen and oxygen atoms in total. The number of benzene rings is 3. The number of hydrogen-bond acceptors (Lipinski definition) is 3. The van der Waals surface area contributed by atoms with Crippen molar-refractivity contribution in [3.63, 3.8) is 0 Å². The van der Waals surface area contributed by atoms with Gasteiger partial charge in [-0.25, -0.2) is 4.39 Å². The van der Waals surface area contributed by atoms with Crippen LogP contribution in [0.4, 0.5) is 15.8 Å². The van der Waals surface area contributed by atoms with Crippen LogP contribution in [0.3, 0.4) is 0 Å². The van der Waals surface area contributed by atoms with Crippen molar-refractivity contribution in [1.82, 2.24) is 0 Å². The van der Waals surface area contributed by atoms with Gasteiger partial charge in [0.25, 0.3) is 11.8 Å². The smallest absolute Gasteiger partial charge is 0.255 e. The topological polar surface area (TPSA) is 67.4 Å². The summed E-state index contributed by atoms with van der Waals surface area (Å²) in [4.78, 5) is 24.9. The molecule has 3 aromatic carbocycles. The fourth-order valence-electron chi connectivity index (χ4n) is 2.59. The molecular weight excluding hydrogens is 439 g/mol. The van der Waals surface area contributed by atoms with E-state index in [2.05, 4.69) is 26.6 Å². The number of ether oxygens (including phenoxy) is 1. The van der Waals surface area contributed by atoms with Gasteiger partial charge < -0.3 is 15.4 Å². The van der Waals surface area contributed by atoms with E-state index >= 15 is 0 Å². The zero-order chi connectivity index (χ0) is 20.8. The number of halogens is 2. The lowest BCUT2D eigenvalue weighted by Gasteiger charge is -2.10. The summed E-state index contributed by atoms with van der Waals surface area (Å²) in [5.74, 6) is -0.404. The SMILES string of the molecule is CCOc1ccc(C(=O)Nc2cccc(C(=O)Nc3ccc(F)cc3)c2)cc1Br. The predicted octanol–water partition coefficient (Wildman–Crippen LogP) is 5.49. The average molecular weight is 457 g/mol. The van der Waals surface area contributed by atoms with E-state index in [0.29, 0.717) is 39.3 Å². The molecule has 0 aliphatic rings. The molecule has 0 bridgehead atoms. The quantitative estimate of drug-likeness (QED) is 0.515. The minimum atomic E-state index is -0.381. The molecule has 3 rings (SSSR count). The second-order valence-corrected chi connectivity index (χ2v) is 6.93. The lowest BCUT2D eigenvalue weighted by molar-refractivity contribution is 0.101. The second kappa shape index (κ2) is 9.34. The first kappa shape index (κ1) is 20.5. The summed E-state index contributed by atoms with van der Waals surface area (Å²) < 4.78 is 19.1. The Labute approximate surface area is 176 Å². The average Bonchev–Trinajstić information content (AvgIpc) is 2.71. The first-order valence-electron chi connectivity index (χ1n) is 8.87. The summed E-state index contributed by atoms with van der Waals surface area (Å²) in [5, 5.41) is 5.46. The summed E-state index contributed by atoms with van der Waals surface area (Å²) in [6, 6.07) is 17.1. The van der Waals surface area contributed by atoms with Gasteiger partial charge in [0.05, 0.1) is 11.1 Å². The molecule has 2 amide bonds. The van der Waals surface area contributed by atoms with Gasteiger partial charge in [0.2, 0.25) is 0 Å². The number of hydrogen-bond donors (Lipinski definition) is 2. The van der Waals surface area contributed by atoms with Crippen molar-refractivity contribution in [2.75, 3.05) is 17.2 Å². The highest BCUT2D eigenvalue weighted by atomic mass is 79.9. The Balaban J connectivity index is 1.70. The molecule has 0 saturated carbocycles. The second-order valence-electron chi connectivity index (χ2n) is 6.07. The van der Waals surface area contributed by atoms with Crippen LogP contribution in [0.2, 0.25) is 0 Å². The third kappa shape index (κ3) is 5.42. The highest BCUT2D eigenvalue weighted by molar-refractivity contribution is 9.10. The molecule has 0 unspecified atom stereocenters. The third-order valence-corrected chi connectivity index (χ3v) is 4.60. The van der Waals surface area contributed by atoms with Crippen molar-refractivity contribution in [3.8, 4) is 5.75 Å². The van der Waals surface area contributed by atoms with Crippen LogP contribution in [-0.4, -0.2) is 18.4 Å². The number of carbonyl (C=O) groups is 2. The van der Waals surface area contributed by atoms with Gasteiger partial charge in [0.1, 0.15) is 11.6 Å². The fraction of sp³-hybridized carbons (Fsp3) is 0.0909. The molecule has 2 N–H and O–H groups in total. The molecule has 3 aromatic rings. The van der Waals surface area contributed by atoms with E-state index in [9.17, 15) is 14.0 Å². The minimum Gasteiger partial charge on any atom is -0.493 e. The third-order valence-electron chi connectivity index (χ3n) is 3.98. The van der Waals surface area contributed by atoms with E-state index in [-0.39, 0.29) is 17.6 Å². The van der Waals surface area contributed by atoms with Crippen molar-refractivity contribution in [2.45, 2.75) is 6.92 Å². The van der Waals surface area contributed by atoms with E-state index in [1.165, 1.54) is 24.3 Å². The molecular formula is C22H18BrFN2O3. The zero-order valence-electron chi connectivity index (χ0n) is 15.5. The Morgan fingerprint density at radius 2 is 1.55 bits per heavy atom. The van der Waals surface area contributed by atoms with E-state index < -0.39 is 0 Å². The Morgan fingerprint density at radius 3 is 2.21 bits per heavy atom. The first-order chi connectivity index (χ1) is 14.0. The van der Waals surface area contributed by atoms with Crippen LogP contribution < -0.4 is 15.4 Å². The molecule has 0 saturated heterocycles. The monoisotopic (exact) mass is 456 g/mol. The van der Waals surface area contributed by atoms with Crippen molar-refractivity contribution >= 4 is 39.1 Å². The molecule has 7 heteroatoms. The summed E-state index contributed by atoms with van der Waals surface area (Å²) >= 11 is 3.39. The number of nitrogens with one attached hydrogen (secondary N) is 2. The molecule has 0 spiro atoms. The molecule has 0 heterocycles. The van der Waals surface area contributed by atoms with Gasteiger partial charge in [0, 0.05) is 22.5 Å². The normalized spacial score (nSPS) is 10.3. The van der Waals surface area contributed by atoms with E-state index in [1.807, 2.05) is 6.92 Å². The van der Waals surface area contributed by atoms with Gasteiger partial charge in [-0.15, -0.1) is 0 Å². The maximum absolute atomic E-state index is 13.0. The van der Waals surface area contributed by atoms with Crippen molar-refractivity contribution < 1.29 is 18.7 Å². The van der Waals surface area contributed by atoms with Crippen LogP contribution in [-0.2, 0) is 0 Å². The standard InChI is InChI=1S/C22H18BrFN2O3/c1-2-29-20-11-6-15(13-19(20)23)22(28)26-18-5-3-4-14(12-18)21(27)25-17-9-7-16(24)8-10-17/h3-13H,2H2,1H3,(H,25,27)(H,26,28). The van der Waals surface area contributed by atoms with Crippen LogP contribution >= 0.6 is 15.9 Å². The number of carbonyl (C=O) groups excluding carboxylic acids is 2. The summed E-state index contributed by atoms with van der Waals surface area (Å²) in [5.41, 5.74) is 1.76. The Bertz CT molecular complexity index is 1040. The van der Waals surface area contributed by atoms with Crippen molar-refractivity contribution in [3.05, 3.63) is 88.1 Å². The Hall–Kier alpha value is -3.19. The van der Waals surface area contributed by atoms with Gasteiger partial charge in [-0.2, -0.15) is 0 Å². The van der Waals surface area contributed by atoms with Gasteiger partial charge >= 0.3 is 0 Å². The summed E-state index contributed by atoms with van der Waals surface area (Å²) in [7, 11) is 0. The fourth-order valence-corrected chi connectivity index (χ4v) is 3.09. The molecule has 0 aromatic heterocycles. The van der Waals surface area contributed by atoms with Gasteiger partial charge in [0.15, 0.2) is 0 Å². The lowest BCUT2D eigenvalue weighted by atomic mass is 10.1. The Kier molecular flexibility index (Phi) is 6.61. The lowest BCUT2D eigenvalue weighted by Crippen LogP contribution is -2.14. The zero-order valence-corrected chi connectivity index (χ0v) is 17.1. The number of anilines is 2. The molecule has 0 aliphatic carbocycles. The molecule has 148 valence electrons. The summed E-state index contributed by atoms with van der Waals surface area (Å²) in [6.45, 7) is 2.41. The van der Waals surface area contributed by atoms with Crippen LogP contribution in [0.15, 0.2) is 71.2 Å². The number of amides is 2. The molecule has 0 aliphatic heterocycles. The molecule has 0 atom stereocenters. The molecule has 0 fully saturated rings.